The molecule has 26 heavy (non-hydrogen) atoms. The molecule has 0 saturated carbocycles. The Kier molecular flexibility index (Phi) is 6.29. The molecule has 3 aromatic carbocycles. The molecule has 0 aliphatic heterocycles. The van der Waals surface area contributed by atoms with E-state index in [-0.39, 0.29) is 0 Å². The standard InChI is InChI=1S/C22H23ClN2O/c1-25(16-22(26)18-7-3-2-4-8-18)15-17-11-13-19(14-12-17)24-21-10-6-5-9-20(21)23/h2-14,22,24,26H,15-16H2,1H3. The molecule has 1 atom stereocenters. The second-order valence-corrected chi connectivity index (χ2v) is 6.83. The van der Waals surface area contributed by atoms with Crippen LogP contribution >= 0.6 is 11.6 Å². The molecule has 0 spiro atoms. The van der Waals surface area contributed by atoms with Crippen LogP contribution in [0.15, 0.2) is 78.9 Å². The zero-order valence-corrected chi connectivity index (χ0v) is 15.5. The Morgan fingerprint density at radius 1 is 0.923 bits per heavy atom. The fourth-order valence-electron chi connectivity index (χ4n) is 2.86. The van der Waals surface area contributed by atoms with E-state index < -0.39 is 6.10 Å². The summed E-state index contributed by atoms with van der Waals surface area (Å²) in [5, 5.41) is 14.4. The van der Waals surface area contributed by atoms with Crippen LogP contribution in [0.25, 0.3) is 0 Å². The van der Waals surface area contributed by atoms with E-state index in [1.54, 1.807) is 0 Å². The van der Waals surface area contributed by atoms with Gasteiger partial charge in [-0.2, -0.15) is 0 Å². The summed E-state index contributed by atoms with van der Waals surface area (Å²) in [6.07, 6.45) is -0.484. The Bertz CT molecular complexity index is 821. The van der Waals surface area contributed by atoms with Crippen LogP contribution in [0.1, 0.15) is 17.2 Å². The van der Waals surface area contributed by atoms with Crippen molar-refractivity contribution in [3.63, 3.8) is 0 Å². The highest BCUT2D eigenvalue weighted by atomic mass is 35.5. The number of para-hydroxylation sites is 1. The third kappa shape index (κ3) is 5.09. The van der Waals surface area contributed by atoms with Gasteiger partial charge in [0.25, 0.3) is 0 Å². The van der Waals surface area contributed by atoms with E-state index >= 15 is 0 Å². The molecule has 0 aromatic heterocycles. The summed E-state index contributed by atoms with van der Waals surface area (Å²) >= 11 is 6.18. The van der Waals surface area contributed by atoms with Crippen LogP contribution in [-0.2, 0) is 6.54 Å². The van der Waals surface area contributed by atoms with Gasteiger partial charge >= 0.3 is 0 Å². The largest absolute Gasteiger partial charge is 0.387 e. The minimum atomic E-state index is -0.484. The molecule has 0 saturated heterocycles. The molecule has 3 nitrogen and oxygen atoms in total. The Balaban J connectivity index is 1.56. The number of benzene rings is 3. The highest BCUT2D eigenvalue weighted by Crippen LogP contribution is 2.25. The minimum Gasteiger partial charge on any atom is -0.387 e. The summed E-state index contributed by atoms with van der Waals surface area (Å²) < 4.78 is 0. The first-order chi connectivity index (χ1) is 12.6. The number of likely N-dealkylation sites (N-methyl/N-ethyl adjacent to an activating group) is 1. The number of nitrogens with zero attached hydrogens (tertiary/aromatic N) is 1. The molecule has 0 heterocycles. The quantitative estimate of drug-likeness (QED) is 0.599. The van der Waals surface area contributed by atoms with Gasteiger partial charge in [0.2, 0.25) is 0 Å². The summed E-state index contributed by atoms with van der Waals surface area (Å²) in [6, 6.07) is 25.7. The number of nitrogens with one attached hydrogen (secondary N) is 1. The minimum absolute atomic E-state index is 0.484. The van der Waals surface area contributed by atoms with Gasteiger partial charge in [0.1, 0.15) is 0 Å². The predicted molar refractivity (Wildman–Crippen MR) is 109 cm³/mol. The highest BCUT2D eigenvalue weighted by molar-refractivity contribution is 6.33. The van der Waals surface area contributed by atoms with E-state index in [0.29, 0.717) is 11.6 Å². The van der Waals surface area contributed by atoms with Crippen molar-refractivity contribution in [2.75, 3.05) is 18.9 Å². The van der Waals surface area contributed by atoms with E-state index in [2.05, 4.69) is 22.3 Å². The van der Waals surface area contributed by atoms with E-state index in [1.807, 2.05) is 73.8 Å². The summed E-state index contributed by atoms with van der Waals surface area (Å²) in [6.45, 7) is 1.36. The SMILES string of the molecule is CN(Cc1ccc(Nc2ccccc2Cl)cc1)CC(O)c1ccccc1. The number of aliphatic hydroxyl groups is 1. The van der Waals surface area contributed by atoms with Gasteiger partial charge in [-0.15, -0.1) is 0 Å². The van der Waals surface area contributed by atoms with Crippen LogP contribution in [0.2, 0.25) is 5.02 Å². The van der Waals surface area contributed by atoms with Crippen LogP contribution in [0, 0.1) is 0 Å². The second-order valence-electron chi connectivity index (χ2n) is 6.43. The summed E-state index contributed by atoms with van der Waals surface area (Å²) in [4.78, 5) is 2.12. The molecular formula is C22H23ClN2O. The maximum absolute atomic E-state index is 10.3. The van der Waals surface area contributed by atoms with Gasteiger partial charge < -0.3 is 10.4 Å². The summed E-state index contributed by atoms with van der Waals surface area (Å²) in [5.41, 5.74) is 4.02. The van der Waals surface area contributed by atoms with Crippen LogP contribution in [0.5, 0.6) is 0 Å². The van der Waals surface area contributed by atoms with Crippen molar-refractivity contribution in [3.05, 3.63) is 95.0 Å². The molecule has 0 fully saturated rings. The lowest BCUT2D eigenvalue weighted by Gasteiger charge is -2.21. The topological polar surface area (TPSA) is 35.5 Å². The zero-order valence-electron chi connectivity index (χ0n) is 14.8. The average molecular weight is 367 g/mol. The lowest BCUT2D eigenvalue weighted by Crippen LogP contribution is -2.24. The second kappa shape index (κ2) is 8.86. The molecular weight excluding hydrogens is 344 g/mol. The number of aliphatic hydroxyl groups excluding tert-OH is 1. The average Bonchev–Trinajstić information content (AvgIpc) is 2.66. The molecule has 1 unspecified atom stereocenters. The third-order valence-electron chi connectivity index (χ3n) is 4.23. The van der Waals surface area contributed by atoms with Gasteiger partial charge in [-0.1, -0.05) is 66.2 Å². The molecule has 0 bridgehead atoms. The van der Waals surface area contributed by atoms with Gasteiger partial charge in [-0.3, -0.25) is 4.90 Å². The van der Waals surface area contributed by atoms with Crippen molar-refractivity contribution in [3.8, 4) is 0 Å². The van der Waals surface area contributed by atoms with Gasteiger partial charge in [0, 0.05) is 18.8 Å². The fraction of sp³-hybridized carbons (Fsp3) is 0.182. The maximum Gasteiger partial charge on any atom is 0.0916 e. The Morgan fingerprint density at radius 3 is 2.27 bits per heavy atom. The Morgan fingerprint density at radius 2 is 1.58 bits per heavy atom. The van der Waals surface area contributed by atoms with Gasteiger partial charge in [0.05, 0.1) is 16.8 Å². The van der Waals surface area contributed by atoms with Crippen molar-refractivity contribution in [2.45, 2.75) is 12.6 Å². The number of rotatable bonds is 7. The Labute approximate surface area is 159 Å². The van der Waals surface area contributed by atoms with Crippen molar-refractivity contribution < 1.29 is 5.11 Å². The third-order valence-corrected chi connectivity index (χ3v) is 4.56. The van der Waals surface area contributed by atoms with Crippen molar-refractivity contribution in [1.82, 2.24) is 4.90 Å². The fourth-order valence-corrected chi connectivity index (χ4v) is 3.05. The van der Waals surface area contributed by atoms with E-state index in [4.69, 9.17) is 11.6 Å². The normalized spacial score (nSPS) is 12.2. The zero-order chi connectivity index (χ0) is 18.4. The lowest BCUT2D eigenvalue weighted by molar-refractivity contribution is 0.124. The van der Waals surface area contributed by atoms with E-state index in [9.17, 15) is 5.11 Å². The molecule has 134 valence electrons. The summed E-state index contributed by atoms with van der Waals surface area (Å²) in [5.74, 6) is 0. The summed E-state index contributed by atoms with van der Waals surface area (Å²) in [7, 11) is 2.02. The molecule has 2 N–H and O–H groups in total. The monoisotopic (exact) mass is 366 g/mol. The molecule has 0 aliphatic rings. The molecule has 0 amide bonds. The van der Waals surface area contributed by atoms with E-state index in [1.165, 1.54) is 5.56 Å². The number of hydrogen-bond acceptors (Lipinski definition) is 3. The maximum atomic E-state index is 10.3. The molecule has 3 rings (SSSR count). The van der Waals surface area contributed by atoms with Crippen LogP contribution in [-0.4, -0.2) is 23.6 Å². The van der Waals surface area contributed by atoms with E-state index in [0.717, 1.165) is 23.5 Å². The molecule has 3 aromatic rings. The molecule has 0 aliphatic carbocycles. The first-order valence-corrected chi connectivity index (χ1v) is 9.01. The molecule has 0 radical (unpaired) electrons. The lowest BCUT2D eigenvalue weighted by atomic mass is 10.1. The van der Waals surface area contributed by atoms with Crippen molar-refractivity contribution in [1.29, 1.82) is 0 Å². The first-order valence-electron chi connectivity index (χ1n) is 8.64. The number of anilines is 2. The van der Waals surface area contributed by atoms with Gasteiger partial charge in [-0.25, -0.2) is 0 Å². The first kappa shape index (κ1) is 18.5. The van der Waals surface area contributed by atoms with Gasteiger partial charge in [-0.05, 0) is 42.4 Å². The van der Waals surface area contributed by atoms with Crippen molar-refractivity contribution in [2.24, 2.45) is 0 Å². The van der Waals surface area contributed by atoms with Crippen LogP contribution in [0.4, 0.5) is 11.4 Å². The predicted octanol–water partition coefficient (Wildman–Crippen LogP) is 5.25. The number of halogens is 1. The van der Waals surface area contributed by atoms with Crippen LogP contribution < -0.4 is 5.32 Å². The molecule has 4 heteroatoms. The highest BCUT2D eigenvalue weighted by Gasteiger charge is 2.10. The van der Waals surface area contributed by atoms with Crippen molar-refractivity contribution >= 4 is 23.0 Å². The van der Waals surface area contributed by atoms with Crippen LogP contribution in [0.3, 0.4) is 0 Å². The smallest absolute Gasteiger partial charge is 0.0916 e. The van der Waals surface area contributed by atoms with Gasteiger partial charge in [0.15, 0.2) is 0 Å². The number of hydrogen-bond donors (Lipinski definition) is 2. The Hall–Kier alpha value is -2.33.